The van der Waals surface area contributed by atoms with Crippen LogP contribution >= 0.6 is 23.1 Å². The fraction of sp³-hybridized carbons (Fsp3) is 0.217. The monoisotopic (exact) mass is 495 g/mol. The first-order valence-corrected chi connectivity index (χ1v) is 12.1. The third-order valence-corrected chi connectivity index (χ3v) is 7.47. The highest BCUT2D eigenvalue weighted by molar-refractivity contribution is 8.00. The Labute approximate surface area is 203 Å². The van der Waals surface area contributed by atoms with Gasteiger partial charge in [-0.25, -0.2) is 4.98 Å². The number of aromatic nitrogens is 3. The second-order valence-electron chi connectivity index (χ2n) is 7.63. The van der Waals surface area contributed by atoms with Crippen LogP contribution < -0.4 is 10.9 Å². The molecule has 1 aromatic carbocycles. The SMILES string of the molecule is Cc1sc2nc(SC(C)C(=O)Nc3cccc([N+](=O)[O-])c3)n(Cc3ccccn3)c(=O)c2c1C. The first-order valence-electron chi connectivity index (χ1n) is 10.4. The van der Waals surface area contributed by atoms with Gasteiger partial charge in [0, 0.05) is 28.9 Å². The maximum atomic E-state index is 13.5. The van der Waals surface area contributed by atoms with Crippen molar-refractivity contribution in [3.8, 4) is 0 Å². The number of rotatable bonds is 7. The summed E-state index contributed by atoms with van der Waals surface area (Å²) in [5.74, 6) is -0.359. The first-order chi connectivity index (χ1) is 16.2. The Bertz CT molecular complexity index is 1450. The highest BCUT2D eigenvalue weighted by atomic mass is 32.2. The lowest BCUT2D eigenvalue weighted by Gasteiger charge is -2.16. The summed E-state index contributed by atoms with van der Waals surface area (Å²) in [6.07, 6.45) is 1.66. The number of carbonyl (C=O) groups is 1. The molecule has 1 amide bonds. The third-order valence-electron chi connectivity index (χ3n) is 5.28. The van der Waals surface area contributed by atoms with Crippen LogP contribution in [0.15, 0.2) is 58.6 Å². The standard InChI is InChI=1S/C23H21N5O4S2/c1-13-14(2)33-21-19(13)22(30)27(12-17-7-4-5-10-24-17)23(26-21)34-15(3)20(29)25-16-8-6-9-18(11-16)28(31)32/h4-11,15H,12H2,1-3H3,(H,25,29). The van der Waals surface area contributed by atoms with Crippen molar-refractivity contribution in [3.63, 3.8) is 0 Å². The molecule has 4 aromatic rings. The Hall–Kier alpha value is -3.57. The van der Waals surface area contributed by atoms with Crippen LogP contribution in [0.4, 0.5) is 11.4 Å². The Morgan fingerprint density at radius 2 is 2.06 bits per heavy atom. The van der Waals surface area contributed by atoms with Gasteiger partial charge in [-0.1, -0.05) is 23.9 Å². The fourth-order valence-electron chi connectivity index (χ4n) is 3.34. The summed E-state index contributed by atoms with van der Waals surface area (Å²) < 4.78 is 1.55. The number of anilines is 1. The molecule has 0 aliphatic carbocycles. The molecule has 0 aliphatic rings. The van der Waals surface area contributed by atoms with Crippen LogP contribution in [0.1, 0.15) is 23.1 Å². The van der Waals surface area contributed by atoms with E-state index >= 15 is 0 Å². The molecule has 0 saturated carbocycles. The van der Waals surface area contributed by atoms with Crippen LogP contribution in [0.25, 0.3) is 10.2 Å². The predicted octanol–water partition coefficient (Wildman–Crippen LogP) is 4.55. The smallest absolute Gasteiger partial charge is 0.271 e. The topological polar surface area (TPSA) is 120 Å². The number of pyridine rings is 1. The summed E-state index contributed by atoms with van der Waals surface area (Å²) in [5.41, 5.74) is 1.64. The quantitative estimate of drug-likeness (QED) is 0.173. The lowest BCUT2D eigenvalue weighted by atomic mass is 10.2. The second-order valence-corrected chi connectivity index (χ2v) is 10.1. The number of thioether (sulfide) groups is 1. The Kier molecular flexibility index (Phi) is 6.75. The van der Waals surface area contributed by atoms with E-state index in [4.69, 9.17) is 4.98 Å². The van der Waals surface area contributed by atoms with Crippen molar-refractivity contribution in [1.29, 1.82) is 0 Å². The first kappa shape index (κ1) is 23.6. The van der Waals surface area contributed by atoms with E-state index in [1.807, 2.05) is 26.0 Å². The molecule has 0 spiro atoms. The molecular formula is C23H21N5O4S2. The number of nitrogens with zero attached hydrogens (tertiary/aromatic N) is 4. The molecule has 174 valence electrons. The van der Waals surface area contributed by atoms with E-state index in [9.17, 15) is 19.7 Å². The van der Waals surface area contributed by atoms with Gasteiger partial charge in [-0.3, -0.25) is 29.3 Å². The molecule has 0 radical (unpaired) electrons. The molecule has 9 nitrogen and oxygen atoms in total. The van der Waals surface area contributed by atoms with Gasteiger partial charge in [0.2, 0.25) is 5.91 Å². The molecule has 34 heavy (non-hydrogen) atoms. The number of aryl methyl sites for hydroxylation is 2. The lowest BCUT2D eigenvalue weighted by Crippen LogP contribution is -2.27. The zero-order chi connectivity index (χ0) is 24.4. The number of hydrogen-bond donors (Lipinski definition) is 1. The maximum Gasteiger partial charge on any atom is 0.271 e. The minimum Gasteiger partial charge on any atom is -0.325 e. The highest BCUT2D eigenvalue weighted by Gasteiger charge is 2.22. The van der Waals surface area contributed by atoms with Gasteiger partial charge in [0.15, 0.2) is 5.16 Å². The minimum absolute atomic E-state index is 0.113. The number of thiophene rings is 1. The Morgan fingerprint density at radius 1 is 1.26 bits per heavy atom. The summed E-state index contributed by atoms with van der Waals surface area (Å²) in [6, 6.07) is 11.2. The van der Waals surface area contributed by atoms with Crippen LogP contribution in [-0.2, 0) is 11.3 Å². The predicted molar refractivity (Wildman–Crippen MR) is 134 cm³/mol. The third kappa shape index (κ3) is 4.85. The van der Waals surface area contributed by atoms with E-state index in [2.05, 4.69) is 10.3 Å². The zero-order valence-electron chi connectivity index (χ0n) is 18.6. The van der Waals surface area contributed by atoms with Crippen molar-refractivity contribution in [1.82, 2.24) is 14.5 Å². The van der Waals surface area contributed by atoms with E-state index in [0.717, 1.165) is 22.2 Å². The lowest BCUT2D eigenvalue weighted by molar-refractivity contribution is -0.384. The van der Waals surface area contributed by atoms with Gasteiger partial charge in [-0.15, -0.1) is 11.3 Å². The number of nitrogens with one attached hydrogen (secondary N) is 1. The van der Waals surface area contributed by atoms with Gasteiger partial charge in [-0.05, 0) is 44.5 Å². The van der Waals surface area contributed by atoms with E-state index in [1.54, 1.807) is 29.8 Å². The number of amides is 1. The average Bonchev–Trinajstić information content (AvgIpc) is 3.10. The second kappa shape index (κ2) is 9.74. The number of fused-ring (bicyclic) bond motifs is 1. The van der Waals surface area contributed by atoms with Crippen LogP contribution in [0.3, 0.4) is 0 Å². The van der Waals surface area contributed by atoms with Crippen molar-refractivity contribution < 1.29 is 9.72 Å². The van der Waals surface area contributed by atoms with E-state index in [1.165, 1.54) is 29.5 Å². The summed E-state index contributed by atoms with van der Waals surface area (Å²) in [5, 5.41) is 14.1. The van der Waals surface area contributed by atoms with Crippen molar-refractivity contribution in [3.05, 3.63) is 85.3 Å². The molecule has 0 bridgehead atoms. The largest absolute Gasteiger partial charge is 0.325 e. The van der Waals surface area contributed by atoms with Gasteiger partial charge < -0.3 is 5.32 Å². The molecule has 1 atom stereocenters. The number of hydrogen-bond acceptors (Lipinski definition) is 8. The number of non-ortho nitro benzene ring substituents is 1. The molecule has 0 saturated heterocycles. The van der Waals surface area contributed by atoms with Crippen LogP contribution in [0.5, 0.6) is 0 Å². The summed E-state index contributed by atoms with van der Waals surface area (Å²) >= 11 is 2.60. The van der Waals surface area contributed by atoms with Gasteiger partial charge in [0.1, 0.15) is 4.83 Å². The van der Waals surface area contributed by atoms with Gasteiger partial charge in [0.05, 0.1) is 27.8 Å². The highest BCUT2D eigenvalue weighted by Crippen LogP contribution is 2.30. The van der Waals surface area contributed by atoms with E-state index < -0.39 is 10.2 Å². The van der Waals surface area contributed by atoms with Crippen molar-refractivity contribution in [2.45, 2.75) is 37.7 Å². The molecule has 3 heterocycles. The fourth-order valence-corrected chi connectivity index (χ4v) is 5.32. The minimum atomic E-state index is -0.624. The van der Waals surface area contributed by atoms with Gasteiger partial charge >= 0.3 is 0 Å². The van der Waals surface area contributed by atoms with E-state index in [0.29, 0.717) is 26.8 Å². The summed E-state index contributed by atoms with van der Waals surface area (Å²) in [4.78, 5) is 47.5. The molecular weight excluding hydrogens is 474 g/mol. The summed E-state index contributed by atoms with van der Waals surface area (Å²) in [6.45, 7) is 5.78. The average molecular weight is 496 g/mol. The number of nitro benzene ring substituents is 1. The molecule has 4 rings (SSSR count). The van der Waals surface area contributed by atoms with Crippen molar-refractivity contribution >= 4 is 50.6 Å². The Balaban J connectivity index is 1.66. The van der Waals surface area contributed by atoms with Gasteiger partial charge in [-0.2, -0.15) is 0 Å². The zero-order valence-corrected chi connectivity index (χ0v) is 20.3. The number of carbonyl (C=O) groups excluding carboxylic acids is 1. The molecule has 0 aliphatic heterocycles. The van der Waals surface area contributed by atoms with Crippen LogP contribution in [-0.4, -0.2) is 30.6 Å². The van der Waals surface area contributed by atoms with Crippen LogP contribution in [0, 0.1) is 24.0 Å². The molecule has 1 unspecified atom stereocenters. The van der Waals surface area contributed by atoms with Crippen molar-refractivity contribution in [2.75, 3.05) is 5.32 Å². The normalized spacial score (nSPS) is 12.0. The van der Waals surface area contributed by atoms with E-state index in [-0.39, 0.29) is 23.7 Å². The van der Waals surface area contributed by atoms with Crippen molar-refractivity contribution in [2.24, 2.45) is 0 Å². The molecule has 0 fully saturated rings. The maximum absolute atomic E-state index is 13.5. The molecule has 11 heteroatoms. The molecule has 1 N–H and O–H groups in total. The van der Waals surface area contributed by atoms with Gasteiger partial charge in [0.25, 0.3) is 11.2 Å². The summed E-state index contributed by atoms with van der Waals surface area (Å²) in [7, 11) is 0. The molecule has 3 aromatic heterocycles. The Morgan fingerprint density at radius 3 is 2.76 bits per heavy atom. The van der Waals surface area contributed by atoms with Crippen LogP contribution in [0.2, 0.25) is 0 Å². The number of benzene rings is 1. The number of nitro groups is 1.